The molecule has 2 unspecified atom stereocenters. The summed E-state index contributed by atoms with van der Waals surface area (Å²) in [5.74, 6) is -0.474. The number of hydrogen-bond donors (Lipinski definition) is 3. The normalized spacial score (nSPS) is 18.2. The maximum Gasteiger partial charge on any atom is 0.253 e. The van der Waals surface area contributed by atoms with Crippen molar-refractivity contribution in [1.29, 1.82) is 0 Å². The van der Waals surface area contributed by atoms with E-state index in [1.807, 2.05) is 0 Å². The van der Waals surface area contributed by atoms with Gasteiger partial charge in [0.1, 0.15) is 6.10 Å². The SMILES string of the molecule is CC(CN)C(=O)Nc1ccc(NC(=O)C2CCCO2)cc1.Cl. The second-order valence-corrected chi connectivity index (χ2v) is 5.19. The summed E-state index contributed by atoms with van der Waals surface area (Å²) in [5.41, 5.74) is 6.80. The molecule has 0 saturated carbocycles. The summed E-state index contributed by atoms with van der Waals surface area (Å²) < 4.78 is 5.32. The largest absolute Gasteiger partial charge is 0.368 e. The minimum Gasteiger partial charge on any atom is -0.368 e. The summed E-state index contributed by atoms with van der Waals surface area (Å²) in [6, 6.07) is 6.98. The lowest BCUT2D eigenvalue weighted by molar-refractivity contribution is -0.124. The molecule has 1 fully saturated rings. The van der Waals surface area contributed by atoms with Crippen molar-refractivity contribution in [3.8, 4) is 0 Å². The van der Waals surface area contributed by atoms with Crippen LogP contribution in [0.25, 0.3) is 0 Å². The van der Waals surface area contributed by atoms with Crippen LogP contribution in [0.2, 0.25) is 0 Å². The van der Waals surface area contributed by atoms with Crippen LogP contribution in [0.15, 0.2) is 24.3 Å². The third-order valence-corrected chi connectivity index (χ3v) is 3.44. The van der Waals surface area contributed by atoms with Crippen LogP contribution in [0.1, 0.15) is 19.8 Å². The molecule has 0 aromatic heterocycles. The molecule has 1 aliphatic rings. The molecule has 2 atom stereocenters. The van der Waals surface area contributed by atoms with Gasteiger partial charge in [-0.15, -0.1) is 12.4 Å². The van der Waals surface area contributed by atoms with Crippen LogP contribution in [0.5, 0.6) is 0 Å². The summed E-state index contributed by atoms with van der Waals surface area (Å²) in [6.45, 7) is 2.72. The average molecular weight is 328 g/mol. The van der Waals surface area contributed by atoms with E-state index >= 15 is 0 Å². The summed E-state index contributed by atoms with van der Waals surface area (Å²) in [7, 11) is 0. The number of hydrogen-bond acceptors (Lipinski definition) is 4. The van der Waals surface area contributed by atoms with E-state index in [0.717, 1.165) is 12.8 Å². The van der Waals surface area contributed by atoms with Gasteiger partial charge in [0, 0.05) is 30.4 Å². The molecule has 0 radical (unpaired) electrons. The Morgan fingerprint density at radius 2 is 1.86 bits per heavy atom. The number of ether oxygens (including phenoxy) is 1. The molecule has 7 heteroatoms. The highest BCUT2D eigenvalue weighted by molar-refractivity contribution is 5.95. The predicted molar refractivity (Wildman–Crippen MR) is 88.1 cm³/mol. The molecular formula is C15H22ClN3O3. The first-order valence-corrected chi connectivity index (χ1v) is 7.13. The molecule has 4 N–H and O–H groups in total. The molecule has 6 nitrogen and oxygen atoms in total. The van der Waals surface area contributed by atoms with E-state index in [4.69, 9.17) is 10.5 Å². The van der Waals surface area contributed by atoms with Crippen LogP contribution in [0.3, 0.4) is 0 Å². The molecule has 1 aliphatic heterocycles. The Kier molecular flexibility index (Phi) is 7.31. The fourth-order valence-corrected chi connectivity index (χ4v) is 2.02. The standard InChI is InChI=1S/C15H21N3O3.ClH/c1-10(9-16)14(19)17-11-4-6-12(7-5-11)18-15(20)13-3-2-8-21-13;/h4-7,10,13H,2-3,8-9,16H2,1H3,(H,17,19)(H,18,20);1H. The van der Waals surface area contributed by atoms with Crippen molar-refractivity contribution in [1.82, 2.24) is 0 Å². The van der Waals surface area contributed by atoms with Crippen molar-refractivity contribution in [3.05, 3.63) is 24.3 Å². The zero-order chi connectivity index (χ0) is 15.2. The highest BCUT2D eigenvalue weighted by Gasteiger charge is 2.23. The van der Waals surface area contributed by atoms with Crippen molar-refractivity contribution in [3.63, 3.8) is 0 Å². The van der Waals surface area contributed by atoms with E-state index in [0.29, 0.717) is 24.5 Å². The van der Waals surface area contributed by atoms with Crippen LogP contribution < -0.4 is 16.4 Å². The maximum atomic E-state index is 11.9. The van der Waals surface area contributed by atoms with Crippen LogP contribution in [-0.2, 0) is 14.3 Å². The van der Waals surface area contributed by atoms with E-state index in [1.165, 1.54) is 0 Å². The van der Waals surface area contributed by atoms with E-state index in [2.05, 4.69) is 10.6 Å². The number of halogens is 1. The number of nitrogens with one attached hydrogen (secondary N) is 2. The summed E-state index contributed by atoms with van der Waals surface area (Å²) >= 11 is 0. The van der Waals surface area contributed by atoms with Crippen molar-refractivity contribution in [2.24, 2.45) is 11.7 Å². The monoisotopic (exact) mass is 327 g/mol. The van der Waals surface area contributed by atoms with Crippen molar-refractivity contribution in [2.75, 3.05) is 23.8 Å². The zero-order valence-corrected chi connectivity index (χ0v) is 13.3. The van der Waals surface area contributed by atoms with Gasteiger partial charge in [0.05, 0.1) is 0 Å². The fraction of sp³-hybridized carbons (Fsp3) is 0.467. The number of rotatable bonds is 5. The number of nitrogens with two attached hydrogens (primary N) is 1. The summed E-state index contributed by atoms with van der Waals surface area (Å²) in [5, 5.41) is 5.57. The minimum atomic E-state index is -0.352. The van der Waals surface area contributed by atoms with Gasteiger partial charge in [0.15, 0.2) is 0 Å². The number of carbonyl (C=O) groups is 2. The molecular weight excluding hydrogens is 306 g/mol. The quantitative estimate of drug-likeness (QED) is 0.768. The van der Waals surface area contributed by atoms with Crippen LogP contribution >= 0.6 is 12.4 Å². The van der Waals surface area contributed by atoms with Gasteiger partial charge in [-0.3, -0.25) is 9.59 Å². The Hall–Kier alpha value is -1.63. The molecule has 2 rings (SSSR count). The Bertz CT molecular complexity index is 501. The molecule has 0 spiro atoms. The van der Waals surface area contributed by atoms with E-state index in [1.54, 1.807) is 31.2 Å². The van der Waals surface area contributed by atoms with Crippen molar-refractivity contribution in [2.45, 2.75) is 25.9 Å². The number of amides is 2. The van der Waals surface area contributed by atoms with Crippen LogP contribution in [0.4, 0.5) is 11.4 Å². The van der Waals surface area contributed by atoms with Gasteiger partial charge in [-0.05, 0) is 37.1 Å². The number of benzene rings is 1. The van der Waals surface area contributed by atoms with Gasteiger partial charge in [-0.2, -0.15) is 0 Å². The third-order valence-electron chi connectivity index (χ3n) is 3.44. The van der Waals surface area contributed by atoms with Crippen molar-refractivity contribution >= 4 is 35.6 Å². The molecule has 2 amide bonds. The average Bonchev–Trinajstić information content (AvgIpc) is 3.02. The topological polar surface area (TPSA) is 93.5 Å². The lowest BCUT2D eigenvalue weighted by Gasteiger charge is -2.12. The first kappa shape index (κ1) is 18.4. The zero-order valence-electron chi connectivity index (χ0n) is 12.5. The van der Waals surface area contributed by atoms with E-state index < -0.39 is 0 Å². The highest BCUT2D eigenvalue weighted by atomic mass is 35.5. The van der Waals surface area contributed by atoms with Crippen LogP contribution in [0, 0.1) is 5.92 Å². The van der Waals surface area contributed by atoms with Gasteiger partial charge in [-0.1, -0.05) is 6.92 Å². The number of anilines is 2. The number of carbonyl (C=O) groups excluding carboxylic acids is 2. The Balaban J connectivity index is 0.00000242. The minimum absolute atomic E-state index is 0. The molecule has 122 valence electrons. The first-order chi connectivity index (χ1) is 10.1. The molecule has 1 aromatic rings. The molecule has 1 aromatic carbocycles. The predicted octanol–water partition coefficient (Wildman–Crippen LogP) is 1.76. The second kappa shape index (κ2) is 8.73. The smallest absolute Gasteiger partial charge is 0.253 e. The Labute approximate surface area is 136 Å². The fourth-order valence-electron chi connectivity index (χ4n) is 2.02. The van der Waals surface area contributed by atoms with Crippen LogP contribution in [-0.4, -0.2) is 31.1 Å². The molecule has 0 bridgehead atoms. The summed E-state index contributed by atoms with van der Waals surface area (Å²) in [6.07, 6.45) is 1.33. The lowest BCUT2D eigenvalue weighted by atomic mass is 10.1. The van der Waals surface area contributed by atoms with E-state index in [-0.39, 0.29) is 36.2 Å². The molecule has 0 aliphatic carbocycles. The summed E-state index contributed by atoms with van der Waals surface area (Å²) in [4.78, 5) is 23.6. The third kappa shape index (κ3) is 4.98. The lowest BCUT2D eigenvalue weighted by Crippen LogP contribution is -2.27. The van der Waals surface area contributed by atoms with Gasteiger partial charge >= 0.3 is 0 Å². The second-order valence-electron chi connectivity index (χ2n) is 5.19. The highest BCUT2D eigenvalue weighted by Crippen LogP contribution is 2.17. The molecule has 1 heterocycles. The molecule has 22 heavy (non-hydrogen) atoms. The Morgan fingerprint density at radius 3 is 2.36 bits per heavy atom. The Morgan fingerprint density at radius 1 is 1.27 bits per heavy atom. The molecule has 1 saturated heterocycles. The van der Waals surface area contributed by atoms with Gasteiger partial charge in [0.25, 0.3) is 5.91 Å². The first-order valence-electron chi connectivity index (χ1n) is 7.13. The van der Waals surface area contributed by atoms with Gasteiger partial charge < -0.3 is 21.1 Å². The van der Waals surface area contributed by atoms with Gasteiger partial charge in [0.2, 0.25) is 5.91 Å². The van der Waals surface area contributed by atoms with E-state index in [9.17, 15) is 9.59 Å². The van der Waals surface area contributed by atoms with Gasteiger partial charge in [-0.25, -0.2) is 0 Å². The van der Waals surface area contributed by atoms with Crippen molar-refractivity contribution < 1.29 is 14.3 Å². The maximum absolute atomic E-state index is 11.9.